The van der Waals surface area contributed by atoms with Gasteiger partial charge in [-0.1, -0.05) is 47.5 Å². The van der Waals surface area contributed by atoms with Crippen LogP contribution >= 0.6 is 23.2 Å². The van der Waals surface area contributed by atoms with E-state index >= 15 is 0 Å². The highest BCUT2D eigenvalue weighted by atomic mass is 35.5. The van der Waals surface area contributed by atoms with Crippen molar-refractivity contribution in [2.75, 3.05) is 6.61 Å². The fourth-order valence-electron chi connectivity index (χ4n) is 2.27. The number of rotatable bonds is 8. The van der Waals surface area contributed by atoms with Gasteiger partial charge in [-0.15, -0.1) is 0 Å². The number of aliphatic hydroxyl groups excluding tert-OH is 3. The molecule has 3 N–H and O–H groups in total. The molecule has 1 unspecified atom stereocenters. The Kier molecular flexibility index (Phi) is 7.49. The maximum atomic E-state index is 10.2. The molecule has 0 fully saturated rings. The van der Waals surface area contributed by atoms with E-state index < -0.39 is 24.9 Å². The Morgan fingerprint density at radius 1 is 0.833 bits per heavy atom. The zero-order valence-electron chi connectivity index (χ0n) is 13.0. The highest BCUT2D eigenvalue weighted by Crippen LogP contribution is 2.18. The van der Waals surface area contributed by atoms with E-state index in [9.17, 15) is 10.2 Å². The first-order chi connectivity index (χ1) is 11.5. The molecule has 0 saturated heterocycles. The highest BCUT2D eigenvalue weighted by Gasteiger charge is 2.27. The lowest BCUT2D eigenvalue weighted by Crippen LogP contribution is -2.42. The minimum atomic E-state index is -1.27. The third-order valence-corrected chi connectivity index (χ3v) is 4.19. The van der Waals surface area contributed by atoms with Gasteiger partial charge in [0.05, 0.1) is 19.3 Å². The first-order valence-electron chi connectivity index (χ1n) is 7.57. The van der Waals surface area contributed by atoms with Gasteiger partial charge in [-0.05, 0) is 35.4 Å². The fourth-order valence-corrected chi connectivity index (χ4v) is 2.52. The van der Waals surface area contributed by atoms with E-state index in [1.807, 2.05) is 24.3 Å². The molecule has 0 aromatic heterocycles. The second-order valence-corrected chi connectivity index (χ2v) is 6.42. The molecule has 0 radical (unpaired) electrons. The summed E-state index contributed by atoms with van der Waals surface area (Å²) in [5.41, 5.74) is 1.80. The summed E-state index contributed by atoms with van der Waals surface area (Å²) in [4.78, 5) is 0. The standard InChI is InChI=1S/C18H20Cl2O4/c19-14-5-1-12(2-6-14)9-17(18(23)16(22)10-21)24-11-13-3-7-15(20)8-4-13/h1-8,16-18,21-23H,9-11H2/t16-,17?,18+/m0/s1. The van der Waals surface area contributed by atoms with Gasteiger partial charge in [0.2, 0.25) is 0 Å². The average Bonchev–Trinajstić information content (AvgIpc) is 2.60. The Hall–Kier alpha value is -1.14. The van der Waals surface area contributed by atoms with Crippen LogP contribution in [0.1, 0.15) is 11.1 Å². The van der Waals surface area contributed by atoms with Crippen molar-refractivity contribution in [3.8, 4) is 0 Å². The van der Waals surface area contributed by atoms with Crippen molar-refractivity contribution in [2.45, 2.75) is 31.3 Å². The summed E-state index contributed by atoms with van der Waals surface area (Å²) in [5, 5.41) is 30.3. The van der Waals surface area contributed by atoms with Crippen LogP contribution in [0.5, 0.6) is 0 Å². The maximum Gasteiger partial charge on any atom is 0.109 e. The predicted octanol–water partition coefficient (Wildman–Crippen LogP) is 2.84. The summed E-state index contributed by atoms with van der Waals surface area (Å²) in [5.74, 6) is 0. The van der Waals surface area contributed by atoms with Crippen molar-refractivity contribution in [2.24, 2.45) is 0 Å². The van der Waals surface area contributed by atoms with Crippen molar-refractivity contribution >= 4 is 23.2 Å². The van der Waals surface area contributed by atoms with E-state index in [1.54, 1.807) is 24.3 Å². The van der Waals surface area contributed by atoms with Crippen LogP contribution < -0.4 is 0 Å². The monoisotopic (exact) mass is 370 g/mol. The molecule has 3 atom stereocenters. The third-order valence-electron chi connectivity index (χ3n) is 3.69. The van der Waals surface area contributed by atoms with Crippen molar-refractivity contribution in [3.05, 3.63) is 69.7 Å². The topological polar surface area (TPSA) is 69.9 Å². The second kappa shape index (κ2) is 9.37. The van der Waals surface area contributed by atoms with Gasteiger partial charge in [0.1, 0.15) is 12.2 Å². The first kappa shape index (κ1) is 19.2. The van der Waals surface area contributed by atoms with E-state index in [1.165, 1.54) is 0 Å². The van der Waals surface area contributed by atoms with Crippen LogP contribution in [0.2, 0.25) is 10.0 Å². The summed E-state index contributed by atoms with van der Waals surface area (Å²) in [6.07, 6.45) is -2.78. The maximum absolute atomic E-state index is 10.2. The lowest BCUT2D eigenvalue weighted by molar-refractivity contribution is -0.106. The summed E-state index contributed by atoms with van der Waals surface area (Å²) < 4.78 is 5.79. The molecule has 0 heterocycles. The largest absolute Gasteiger partial charge is 0.394 e. The van der Waals surface area contributed by atoms with Gasteiger partial charge in [0.25, 0.3) is 0 Å². The molecule has 2 rings (SSSR count). The van der Waals surface area contributed by atoms with E-state index in [-0.39, 0.29) is 6.61 Å². The Balaban J connectivity index is 2.06. The van der Waals surface area contributed by atoms with Crippen LogP contribution in [0.15, 0.2) is 48.5 Å². The molecule has 0 spiro atoms. The Labute approximate surface area is 151 Å². The number of hydrogen-bond donors (Lipinski definition) is 3. The van der Waals surface area contributed by atoms with Crippen LogP contribution in [0.3, 0.4) is 0 Å². The predicted molar refractivity (Wildman–Crippen MR) is 94.3 cm³/mol. The van der Waals surface area contributed by atoms with E-state index in [0.717, 1.165) is 11.1 Å². The van der Waals surface area contributed by atoms with Gasteiger partial charge in [-0.3, -0.25) is 0 Å². The van der Waals surface area contributed by atoms with Gasteiger partial charge >= 0.3 is 0 Å². The molecule has 0 aliphatic heterocycles. The molecule has 4 nitrogen and oxygen atoms in total. The van der Waals surface area contributed by atoms with Gasteiger partial charge in [0.15, 0.2) is 0 Å². The molecular weight excluding hydrogens is 351 g/mol. The molecule has 2 aromatic rings. The lowest BCUT2D eigenvalue weighted by Gasteiger charge is -2.26. The molecule has 0 aliphatic rings. The number of halogens is 2. The van der Waals surface area contributed by atoms with Crippen molar-refractivity contribution in [3.63, 3.8) is 0 Å². The van der Waals surface area contributed by atoms with E-state index in [2.05, 4.69) is 0 Å². The van der Waals surface area contributed by atoms with Gasteiger partial charge in [0, 0.05) is 16.5 Å². The van der Waals surface area contributed by atoms with Crippen LogP contribution in [0.4, 0.5) is 0 Å². The lowest BCUT2D eigenvalue weighted by atomic mass is 10.0. The second-order valence-electron chi connectivity index (χ2n) is 5.55. The third kappa shape index (κ3) is 5.74. The van der Waals surface area contributed by atoms with Gasteiger partial charge < -0.3 is 20.1 Å². The van der Waals surface area contributed by atoms with Crippen LogP contribution in [0, 0.1) is 0 Å². The van der Waals surface area contributed by atoms with E-state index in [0.29, 0.717) is 16.5 Å². The molecular formula is C18H20Cl2O4. The number of hydrogen-bond acceptors (Lipinski definition) is 4. The first-order valence-corrected chi connectivity index (χ1v) is 8.32. The Morgan fingerprint density at radius 3 is 1.83 bits per heavy atom. The summed E-state index contributed by atoms with van der Waals surface area (Å²) in [7, 11) is 0. The van der Waals surface area contributed by atoms with Crippen LogP contribution in [-0.4, -0.2) is 40.2 Å². The average molecular weight is 371 g/mol. The molecule has 2 aromatic carbocycles. The van der Waals surface area contributed by atoms with Gasteiger partial charge in [-0.25, -0.2) is 0 Å². The summed E-state index contributed by atoms with van der Waals surface area (Å²) in [6, 6.07) is 14.3. The van der Waals surface area contributed by atoms with Gasteiger partial charge in [-0.2, -0.15) is 0 Å². The summed E-state index contributed by atoms with van der Waals surface area (Å²) >= 11 is 11.7. The molecule has 0 saturated carbocycles. The van der Waals surface area contributed by atoms with Crippen molar-refractivity contribution < 1.29 is 20.1 Å². The highest BCUT2D eigenvalue weighted by molar-refractivity contribution is 6.30. The zero-order chi connectivity index (χ0) is 17.5. The van der Waals surface area contributed by atoms with Crippen LogP contribution in [0.25, 0.3) is 0 Å². The number of aliphatic hydroxyl groups is 3. The molecule has 24 heavy (non-hydrogen) atoms. The minimum Gasteiger partial charge on any atom is -0.394 e. The number of ether oxygens (including phenoxy) is 1. The molecule has 0 aliphatic carbocycles. The minimum absolute atomic E-state index is 0.255. The molecule has 6 heteroatoms. The van der Waals surface area contributed by atoms with Crippen LogP contribution in [-0.2, 0) is 17.8 Å². The molecule has 0 bridgehead atoms. The summed E-state index contributed by atoms with van der Waals surface area (Å²) in [6.45, 7) is -0.285. The molecule has 130 valence electrons. The van der Waals surface area contributed by atoms with E-state index in [4.69, 9.17) is 33.0 Å². The normalized spacial score (nSPS) is 15.0. The molecule has 0 amide bonds. The zero-order valence-corrected chi connectivity index (χ0v) is 14.5. The Morgan fingerprint density at radius 2 is 1.33 bits per heavy atom. The van der Waals surface area contributed by atoms with Crippen molar-refractivity contribution in [1.82, 2.24) is 0 Å². The Bertz CT molecular complexity index is 616. The number of benzene rings is 2. The van der Waals surface area contributed by atoms with Crippen molar-refractivity contribution in [1.29, 1.82) is 0 Å². The fraction of sp³-hybridized carbons (Fsp3) is 0.333. The SMILES string of the molecule is OC[C@H](O)[C@@H](O)C(Cc1ccc(Cl)cc1)OCc1ccc(Cl)cc1. The quantitative estimate of drug-likeness (QED) is 0.668. The smallest absolute Gasteiger partial charge is 0.109 e.